The van der Waals surface area contributed by atoms with E-state index < -0.39 is 0 Å². The van der Waals surface area contributed by atoms with Gasteiger partial charge < -0.3 is 4.90 Å². The standard InChI is InChI=1S/C11H17N3O/c1-9(2)4-5-14(3)11-12-6-10(8-15)7-13-11/h6-9H,4-5H2,1-3H3. The molecule has 0 aliphatic rings. The molecule has 15 heavy (non-hydrogen) atoms. The van der Waals surface area contributed by atoms with Gasteiger partial charge in [0, 0.05) is 26.0 Å². The minimum absolute atomic E-state index is 0.510. The first-order valence-corrected chi connectivity index (χ1v) is 5.12. The number of hydrogen-bond donors (Lipinski definition) is 0. The molecular formula is C11H17N3O. The summed E-state index contributed by atoms with van der Waals surface area (Å²) < 4.78 is 0. The summed E-state index contributed by atoms with van der Waals surface area (Å²) in [6.07, 6.45) is 4.94. The van der Waals surface area contributed by atoms with Crippen molar-refractivity contribution in [3.05, 3.63) is 18.0 Å². The van der Waals surface area contributed by atoms with Gasteiger partial charge in [-0.15, -0.1) is 0 Å². The van der Waals surface area contributed by atoms with Crippen LogP contribution in [0.15, 0.2) is 12.4 Å². The Morgan fingerprint density at radius 3 is 2.47 bits per heavy atom. The third-order valence-electron chi connectivity index (χ3n) is 2.18. The predicted molar refractivity (Wildman–Crippen MR) is 60.1 cm³/mol. The van der Waals surface area contributed by atoms with E-state index in [1.54, 1.807) is 12.4 Å². The third-order valence-corrected chi connectivity index (χ3v) is 2.18. The molecule has 82 valence electrons. The Kier molecular flexibility index (Phi) is 4.21. The van der Waals surface area contributed by atoms with Crippen molar-refractivity contribution in [1.82, 2.24) is 9.97 Å². The van der Waals surface area contributed by atoms with Crippen LogP contribution in [0.5, 0.6) is 0 Å². The average Bonchev–Trinajstić information content (AvgIpc) is 2.26. The van der Waals surface area contributed by atoms with E-state index in [-0.39, 0.29) is 0 Å². The molecule has 4 heteroatoms. The molecule has 0 N–H and O–H groups in total. The minimum Gasteiger partial charge on any atom is -0.344 e. The summed E-state index contributed by atoms with van der Waals surface area (Å²) in [5.74, 6) is 1.34. The molecule has 0 unspecified atom stereocenters. The smallest absolute Gasteiger partial charge is 0.225 e. The maximum absolute atomic E-state index is 10.4. The summed E-state index contributed by atoms with van der Waals surface area (Å²) in [5, 5.41) is 0. The van der Waals surface area contributed by atoms with Crippen molar-refractivity contribution >= 4 is 12.2 Å². The lowest BCUT2D eigenvalue weighted by atomic mass is 10.1. The Labute approximate surface area is 90.3 Å². The molecule has 0 aliphatic carbocycles. The van der Waals surface area contributed by atoms with E-state index in [1.165, 1.54) is 0 Å². The number of carbonyl (C=O) groups excluding carboxylic acids is 1. The fourth-order valence-electron chi connectivity index (χ4n) is 1.14. The lowest BCUT2D eigenvalue weighted by Crippen LogP contribution is -2.22. The van der Waals surface area contributed by atoms with Crippen LogP contribution in [0.3, 0.4) is 0 Å². The predicted octanol–water partition coefficient (Wildman–Crippen LogP) is 1.77. The molecule has 0 spiro atoms. The lowest BCUT2D eigenvalue weighted by molar-refractivity contribution is 0.112. The van der Waals surface area contributed by atoms with Crippen LogP contribution in [0.25, 0.3) is 0 Å². The highest BCUT2D eigenvalue weighted by atomic mass is 16.1. The summed E-state index contributed by atoms with van der Waals surface area (Å²) in [6.45, 7) is 5.30. The van der Waals surface area contributed by atoms with Gasteiger partial charge >= 0.3 is 0 Å². The van der Waals surface area contributed by atoms with Gasteiger partial charge in [-0.3, -0.25) is 4.79 Å². The highest BCUT2D eigenvalue weighted by Crippen LogP contribution is 2.07. The van der Waals surface area contributed by atoms with Gasteiger partial charge in [0.1, 0.15) is 0 Å². The summed E-state index contributed by atoms with van der Waals surface area (Å²) in [7, 11) is 1.96. The van der Waals surface area contributed by atoms with Crippen molar-refractivity contribution < 1.29 is 4.79 Å². The van der Waals surface area contributed by atoms with Crippen LogP contribution in [-0.2, 0) is 0 Å². The number of nitrogens with zero attached hydrogens (tertiary/aromatic N) is 3. The molecule has 0 aromatic carbocycles. The van der Waals surface area contributed by atoms with Crippen LogP contribution in [-0.4, -0.2) is 29.8 Å². The van der Waals surface area contributed by atoms with Gasteiger partial charge in [0.15, 0.2) is 6.29 Å². The fraction of sp³-hybridized carbons (Fsp3) is 0.545. The molecule has 1 rings (SSSR count). The van der Waals surface area contributed by atoms with Crippen molar-refractivity contribution in [2.75, 3.05) is 18.5 Å². The van der Waals surface area contributed by atoms with Crippen LogP contribution in [0.4, 0.5) is 5.95 Å². The van der Waals surface area contributed by atoms with Gasteiger partial charge in [0.2, 0.25) is 5.95 Å². The number of aromatic nitrogens is 2. The van der Waals surface area contributed by atoms with E-state index >= 15 is 0 Å². The zero-order chi connectivity index (χ0) is 11.3. The maximum atomic E-state index is 10.4. The SMILES string of the molecule is CC(C)CCN(C)c1ncc(C=O)cn1. The Bertz CT molecular complexity index is 308. The number of carbonyl (C=O) groups is 1. The average molecular weight is 207 g/mol. The van der Waals surface area contributed by atoms with Crippen LogP contribution < -0.4 is 4.90 Å². The zero-order valence-electron chi connectivity index (χ0n) is 9.47. The monoisotopic (exact) mass is 207 g/mol. The Morgan fingerprint density at radius 1 is 1.40 bits per heavy atom. The maximum Gasteiger partial charge on any atom is 0.225 e. The number of rotatable bonds is 5. The zero-order valence-corrected chi connectivity index (χ0v) is 9.47. The molecule has 4 nitrogen and oxygen atoms in total. The summed E-state index contributed by atoms with van der Waals surface area (Å²) in [5.41, 5.74) is 0.510. The molecule has 0 radical (unpaired) electrons. The molecule has 1 aromatic heterocycles. The van der Waals surface area contributed by atoms with Gasteiger partial charge in [0.05, 0.1) is 5.56 Å². The lowest BCUT2D eigenvalue weighted by Gasteiger charge is -2.17. The van der Waals surface area contributed by atoms with Gasteiger partial charge in [-0.2, -0.15) is 0 Å². The van der Waals surface area contributed by atoms with Gasteiger partial charge in [0.25, 0.3) is 0 Å². The van der Waals surface area contributed by atoms with E-state index in [0.717, 1.165) is 19.3 Å². The van der Waals surface area contributed by atoms with Crippen LogP contribution in [0.2, 0.25) is 0 Å². The van der Waals surface area contributed by atoms with Crippen LogP contribution in [0, 0.1) is 5.92 Å². The topological polar surface area (TPSA) is 46.1 Å². The van der Waals surface area contributed by atoms with Crippen molar-refractivity contribution in [3.8, 4) is 0 Å². The Morgan fingerprint density at radius 2 is 2.00 bits per heavy atom. The molecule has 0 atom stereocenters. The normalized spacial score (nSPS) is 10.4. The summed E-state index contributed by atoms with van der Waals surface area (Å²) >= 11 is 0. The summed E-state index contributed by atoms with van der Waals surface area (Å²) in [4.78, 5) is 20.6. The van der Waals surface area contributed by atoms with E-state index in [0.29, 0.717) is 17.4 Å². The molecule has 0 fully saturated rings. The van der Waals surface area contributed by atoms with Crippen molar-refractivity contribution in [2.24, 2.45) is 5.92 Å². The largest absolute Gasteiger partial charge is 0.344 e. The first-order valence-electron chi connectivity index (χ1n) is 5.12. The van der Waals surface area contributed by atoms with E-state index in [9.17, 15) is 4.79 Å². The third kappa shape index (κ3) is 3.65. The molecule has 0 saturated carbocycles. The molecule has 0 amide bonds. The second kappa shape index (κ2) is 5.44. The van der Waals surface area contributed by atoms with E-state index in [1.807, 2.05) is 11.9 Å². The minimum atomic E-state index is 0.510. The molecule has 0 aliphatic heterocycles. The highest BCUT2D eigenvalue weighted by Gasteiger charge is 2.04. The van der Waals surface area contributed by atoms with Gasteiger partial charge in [-0.25, -0.2) is 9.97 Å². The molecular weight excluding hydrogens is 190 g/mol. The second-order valence-corrected chi connectivity index (χ2v) is 4.04. The molecule has 0 saturated heterocycles. The number of anilines is 1. The summed E-state index contributed by atoms with van der Waals surface area (Å²) in [6, 6.07) is 0. The molecule has 1 aromatic rings. The number of hydrogen-bond acceptors (Lipinski definition) is 4. The van der Waals surface area contributed by atoms with Gasteiger partial charge in [-0.1, -0.05) is 13.8 Å². The second-order valence-electron chi connectivity index (χ2n) is 4.04. The van der Waals surface area contributed by atoms with Gasteiger partial charge in [-0.05, 0) is 12.3 Å². The highest BCUT2D eigenvalue weighted by molar-refractivity contribution is 5.73. The first-order chi connectivity index (χ1) is 7.13. The first kappa shape index (κ1) is 11.6. The van der Waals surface area contributed by atoms with Crippen molar-refractivity contribution in [1.29, 1.82) is 0 Å². The van der Waals surface area contributed by atoms with Crippen molar-refractivity contribution in [3.63, 3.8) is 0 Å². The Balaban J connectivity index is 2.57. The Hall–Kier alpha value is -1.45. The number of aldehydes is 1. The van der Waals surface area contributed by atoms with E-state index in [2.05, 4.69) is 23.8 Å². The van der Waals surface area contributed by atoms with Crippen molar-refractivity contribution in [2.45, 2.75) is 20.3 Å². The van der Waals surface area contributed by atoms with Crippen LogP contribution >= 0.6 is 0 Å². The van der Waals surface area contributed by atoms with E-state index in [4.69, 9.17) is 0 Å². The molecule has 0 bridgehead atoms. The fourth-order valence-corrected chi connectivity index (χ4v) is 1.14. The molecule has 1 heterocycles. The van der Waals surface area contributed by atoms with Crippen LogP contribution in [0.1, 0.15) is 30.6 Å². The quantitative estimate of drug-likeness (QED) is 0.690.